The van der Waals surface area contributed by atoms with E-state index in [2.05, 4.69) is 0 Å². The smallest absolute Gasteiger partial charge is 0.227 e. The van der Waals surface area contributed by atoms with Crippen molar-refractivity contribution in [1.29, 1.82) is 0 Å². The van der Waals surface area contributed by atoms with Gasteiger partial charge in [-0.15, -0.1) is 0 Å². The van der Waals surface area contributed by atoms with Crippen molar-refractivity contribution in [1.82, 2.24) is 4.90 Å². The van der Waals surface area contributed by atoms with Crippen LogP contribution in [0.4, 0.5) is 0 Å². The summed E-state index contributed by atoms with van der Waals surface area (Å²) in [5, 5.41) is 0.953. The summed E-state index contributed by atoms with van der Waals surface area (Å²) in [5.41, 5.74) is 0.851. The number of benzene rings is 1. The Morgan fingerprint density at radius 2 is 1.81 bits per heavy atom. The first-order valence-corrected chi connectivity index (χ1v) is 7.53. The number of methoxy groups -OCH3 is 2. The molecule has 0 aliphatic carbocycles. The molecular weight excluding hydrogens is 313 g/mol. The minimum atomic E-state index is 0.0431. The van der Waals surface area contributed by atoms with Crippen molar-refractivity contribution in [2.75, 3.05) is 40.5 Å². The van der Waals surface area contributed by atoms with Crippen LogP contribution in [0.1, 0.15) is 12.0 Å². The zero-order chi connectivity index (χ0) is 15.7. The lowest BCUT2D eigenvalue weighted by atomic mass is 10.1. The molecule has 0 unspecified atom stereocenters. The van der Waals surface area contributed by atoms with Gasteiger partial charge in [0.25, 0.3) is 0 Å². The minimum absolute atomic E-state index is 0.0431. The summed E-state index contributed by atoms with van der Waals surface area (Å²) in [7, 11) is 3.27. The van der Waals surface area contributed by atoms with Crippen LogP contribution in [0.15, 0.2) is 18.2 Å². The first-order valence-electron chi connectivity index (χ1n) is 6.78. The second-order valence-electron chi connectivity index (χ2n) is 4.65. The SMILES string of the molecule is COCCCN(CCOC)C(=O)Cc1ccc(Cl)c(Cl)c1. The summed E-state index contributed by atoms with van der Waals surface area (Å²) >= 11 is 11.8. The Labute approximate surface area is 135 Å². The van der Waals surface area contributed by atoms with Crippen molar-refractivity contribution >= 4 is 29.1 Å². The molecule has 1 aromatic rings. The molecule has 0 N–H and O–H groups in total. The molecule has 0 saturated heterocycles. The van der Waals surface area contributed by atoms with E-state index in [4.69, 9.17) is 32.7 Å². The highest BCUT2D eigenvalue weighted by Crippen LogP contribution is 2.23. The van der Waals surface area contributed by atoms with E-state index < -0.39 is 0 Å². The Morgan fingerprint density at radius 3 is 2.43 bits per heavy atom. The Balaban J connectivity index is 2.62. The lowest BCUT2D eigenvalue weighted by molar-refractivity contribution is -0.131. The van der Waals surface area contributed by atoms with Gasteiger partial charge in [0.15, 0.2) is 0 Å². The molecule has 0 spiro atoms. The average molecular weight is 334 g/mol. The van der Waals surface area contributed by atoms with Gasteiger partial charge >= 0.3 is 0 Å². The lowest BCUT2D eigenvalue weighted by Crippen LogP contribution is -2.36. The third kappa shape index (κ3) is 6.66. The van der Waals surface area contributed by atoms with Crippen LogP contribution < -0.4 is 0 Å². The molecule has 0 aliphatic heterocycles. The third-order valence-electron chi connectivity index (χ3n) is 3.03. The molecule has 0 aliphatic rings. The number of halogens is 2. The van der Waals surface area contributed by atoms with Crippen molar-refractivity contribution in [3.8, 4) is 0 Å². The van der Waals surface area contributed by atoms with Crippen LogP contribution in [0.25, 0.3) is 0 Å². The number of nitrogens with zero attached hydrogens (tertiary/aromatic N) is 1. The number of hydrogen-bond donors (Lipinski definition) is 0. The van der Waals surface area contributed by atoms with Crippen LogP contribution in [-0.4, -0.2) is 51.3 Å². The maximum atomic E-state index is 12.4. The third-order valence-corrected chi connectivity index (χ3v) is 3.77. The van der Waals surface area contributed by atoms with Gasteiger partial charge in [0.2, 0.25) is 5.91 Å². The predicted molar refractivity (Wildman–Crippen MR) is 85.1 cm³/mol. The number of amides is 1. The van der Waals surface area contributed by atoms with Gasteiger partial charge in [-0.1, -0.05) is 29.3 Å². The van der Waals surface area contributed by atoms with Gasteiger partial charge in [0, 0.05) is 33.9 Å². The van der Waals surface area contributed by atoms with Gasteiger partial charge < -0.3 is 14.4 Å². The molecule has 0 heterocycles. The number of carbonyl (C=O) groups is 1. The van der Waals surface area contributed by atoms with Crippen LogP contribution in [-0.2, 0) is 20.7 Å². The molecule has 1 rings (SSSR count). The van der Waals surface area contributed by atoms with Crippen LogP contribution in [0.5, 0.6) is 0 Å². The predicted octanol–water partition coefficient (Wildman–Crippen LogP) is 3.05. The van der Waals surface area contributed by atoms with Crippen LogP contribution in [0.3, 0.4) is 0 Å². The Hall–Kier alpha value is -0.810. The van der Waals surface area contributed by atoms with Crippen molar-refractivity contribution in [3.63, 3.8) is 0 Å². The maximum absolute atomic E-state index is 12.4. The first kappa shape index (κ1) is 18.2. The van der Waals surface area contributed by atoms with Gasteiger partial charge in [-0.2, -0.15) is 0 Å². The fourth-order valence-electron chi connectivity index (χ4n) is 1.90. The van der Waals surface area contributed by atoms with Gasteiger partial charge in [0.1, 0.15) is 0 Å². The van der Waals surface area contributed by atoms with Crippen LogP contribution in [0, 0.1) is 0 Å². The highest BCUT2D eigenvalue weighted by atomic mass is 35.5. The normalized spacial score (nSPS) is 10.7. The second-order valence-corrected chi connectivity index (χ2v) is 5.46. The first-order chi connectivity index (χ1) is 10.1. The standard InChI is InChI=1S/C15H21Cl2NO3/c1-20-8-3-6-18(7-9-21-2)15(19)11-12-4-5-13(16)14(17)10-12/h4-5,10H,3,6-9,11H2,1-2H3. The van der Waals surface area contributed by atoms with E-state index in [0.717, 1.165) is 12.0 Å². The molecular formula is C15H21Cl2NO3. The van der Waals surface area contributed by atoms with E-state index >= 15 is 0 Å². The number of hydrogen-bond acceptors (Lipinski definition) is 3. The monoisotopic (exact) mass is 333 g/mol. The molecule has 0 aromatic heterocycles. The molecule has 1 amide bonds. The quantitative estimate of drug-likeness (QED) is 0.652. The van der Waals surface area contributed by atoms with Crippen molar-refractivity contribution < 1.29 is 14.3 Å². The topological polar surface area (TPSA) is 38.8 Å². The Kier molecular flexibility index (Phi) is 8.69. The summed E-state index contributed by atoms with van der Waals surface area (Å²) in [5.74, 6) is 0.0431. The van der Waals surface area contributed by atoms with Crippen molar-refractivity contribution in [3.05, 3.63) is 33.8 Å². The second kappa shape index (κ2) is 10.0. The molecule has 118 valence electrons. The zero-order valence-electron chi connectivity index (χ0n) is 12.4. The molecule has 0 radical (unpaired) electrons. The van der Waals surface area contributed by atoms with E-state index in [1.807, 2.05) is 6.07 Å². The van der Waals surface area contributed by atoms with Gasteiger partial charge in [-0.25, -0.2) is 0 Å². The molecule has 1 aromatic carbocycles. The number of ether oxygens (including phenoxy) is 2. The maximum Gasteiger partial charge on any atom is 0.227 e. The summed E-state index contributed by atoms with van der Waals surface area (Å²) in [6.45, 7) is 2.36. The summed E-state index contributed by atoms with van der Waals surface area (Å²) in [6, 6.07) is 5.25. The van der Waals surface area contributed by atoms with Crippen molar-refractivity contribution in [2.45, 2.75) is 12.8 Å². The summed E-state index contributed by atoms with van der Waals surface area (Å²) in [6.07, 6.45) is 1.10. The molecule has 4 nitrogen and oxygen atoms in total. The fraction of sp³-hybridized carbons (Fsp3) is 0.533. The lowest BCUT2D eigenvalue weighted by Gasteiger charge is -2.22. The Morgan fingerprint density at radius 1 is 1.10 bits per heavy atom. The van der Waals surface area contributed by atoms with Gasteiger partial charge in [-0.3, -0.25) is 4.79 Å². The highest BCUT2D eigenvalue weighted by Gasteiger charge is 2.14. The van der Waals surface area contributed by atoms with E-state index in [1.165, 1.54) is 0 Å². The van der Waals surface area contributed by atoms with Crippen LogP contribution >= 0.6 is 23.2 Å². The summed E-state index contributed by atoms with van der Waals surface area (Å²) < 4.78 is 10.1. The summed E-state index contributed by atoms with van der Waals surface area (Å²) in [4.78, 5) is 14.1. The number of carbonyl (C=O) groups excluding carboxylic acids is 1. The molecule has 0 atom stereocenters. The largest absolute Gasteiger partial charge is 0.385 e. The van der Waals surface area contributed by atoms with E-state index in [1.54, 1.807) is 31.3 Å². The van der Waals surface area contributed by atoms with Crippen LogP contribution in [0.2, 0.25) is 10.0 Å². The van der Waals surface area contributed by atoms with E-state index in [-0.39, 0.29) is 5.91 Å². The van der Waals surface area contributed by atoms with E-state index in [0.29, 0.717) is 42.8 Å². The highest BCUT2D eigenvalue weighted by molar-refractivity contribution is 6.42. The van der Waals surface area contributed by atoms with Gasteiger partial charge in [0.05, 0.1) is 23.1 Å². The molecule has 21 heavy (non-hydrogen) atoms. The minimum Gasteiger partial charge on any atom is -0.385 e. The van der Waals surface area contributed by atoms with Crippen molar-refractivity contribution in [2.24, 2.45) is 0 Å². The molecule has 0 bridgehead atoms. The Bertz CT molecular complexity index is 455. The van der Waals surface area contributed by atoms with E-state index in [9.17, 15) is 4.79 Å². The average Bonchev–Trinajstić information content (AvgIpc) is 2.46. The zero-order valence-corrected chi connectivity index (χ0v) is 13.9. The molecule has 6 heteroatoms. The fourth-order valence-corrected chi connectivity index (χ4v) is 2.22. The van der Waals surface area contributed by atoms with Gasteiger partial charge in [-0.05, 0) is 24.1 Å². The molecule has 0 saturated carbocycles. The number of rotatable bonds is 9. The molecule has 0 fully saturated rings.